The molecule has 1 aliphatic heterocycles. The Labute approximate surface area is 100 Å². The summed E-state index contributed by atoms with van der Waals surface area (Å²) in [6.45, 7) is 1.56. The predicted octanol–water partition coefficient (Wildman–Crippen LogP) is 1.57. The van der Waals surface area contributed by atoms with E-state index in [9.17, 15) is 13.2 Å². The number of ether oxygens (including phenoxy) is 1. The Morgan fingerprint density at radius 1 is 1.25 bits per heavy atom. The van der Waals surface area contributed by atoms with Gasteiger partial charge in [0.15, 0.2) is 0 Å². The van der Waals surface area contributed by atoms with Gasteiger partial charge in [-0.3, -0.25) is 0 Å². The van der Waals surface area contributed by atoms with Crippen molar-refractivity contribution < 1.29 is 17.9 Å². The molecule has 0 spiro atoms. The summed E-state index contributed by atoms with van der Waals surface area (Å²) in [6, 6.07) is 0. The second kappa shape index (κ2) is 6.30. The molecule has 0 atom stereocenters. The fraction of sp³-hybridized carbons (Fsp3) is 0.889. The SMILES string of the molecule is O=C(OCCCS(=O)(=O)Cl)N1CCCCC1. The molecule has 16 heavy (non-hydrogen) atoms. The Hall–Kier alpha value is -0.490. The molecule has 1 fully saturated rings. The molecule has 0 radical (unpaired) electrons. The molecule has 5 nitrogen and oxygen atoms in total. The first-order chi connectivity index (χ1) is 7.49. The van der Waals surface area contributed by atoms with E-state index < -0.39 is 9.05 Å². The van der Waals surface area contributed by atoms with Crippen molar-refractivity contribution in [2.75, 3.05) is 25.4 Å². The molecule has 1 rings (SSSR count). The van der Waals surface area contributed by atoms with Gasteiger partial charge < -0.3 is 9.64 Å². The molecule has 0 unspecified atom stereocenters. The normalized spacial score (nSPS) is 17.2. The first-order valence-electron chi connectivity index (χ1n) is 5.33. The van der Waals surface area contributed by atoms with Crippen LogP contribution in [0.5, 0.6) is 0 Å². The van der Waals surface area contributed by atoms with Crippen LogP contribution in [-0.4, -0.2) is 44.9 Å². The van der Waals surface area contributed by atoms with E-state index in [4.69, 9.17) is 15.4 Å². The molecule has 94 valence electrons. The van der Waals surface area contributed by atoms with E-state index in [1.54, 1.807) is 4.90 Å². The molecular formula is C9H16ClNO4S. The standard InChI is InChI=1S/C9H16ClNO4S/c10-16(13,14)8-4-7-15-9(12)11-5-2-1-3-6-11/h1-8H2. The quantitative estimate of drug-likeness (QED) is 0.574. The topological polar surface area (TPSA) is 63.7 Å². The number of carbonyl (C=O) groups excluding carboxylic acids is 1. The zero-order chi connectivity index (χ0) is 12.0. The first kappa shape index (κ1) is 13.6. The Morgan fingerprint density at radius 3 is 2.44 bits per heavy atom. The average Bonchev–Trinajstić information content (AvgIpc) is 2.24. The van der Waals surface area contributed by atoms with Gasteiger partial charge in [0.25, 0.3) is 0 Å². The summed E-state index contributed by atoms with van der Waals surface area (Å²) in [4.78, 5) is 13.1. The molecular weight excluding hydrogens is 254 g/mol. The van der Waals surface area contributed by atoms with Crippen LogP contribution in [-0.2, 0) is 13.8 Å². The van der Waals surface area contributed by atoms with Gasteiger partial charge in [-0.15, -0.1) is 0 Å². The Bertz CT molecular complexity index is 324. The molecule has 1 amide bonds. The maximum Gasteiger partial charge on any atom is 0.409 e. The highest BCUT2D eigenvalue weighted by molar-refractivity contribution is 8.13. The summed E-state index contributed by atoms with van der Waals surface area (Å²) in [5.74, 6) is -0.165. The smallest absolute Gasteiger partial charge is 0.409 e. The average molecular weight is 270 g/mol. The molecule has 0 aromatic heterocycles. The van der Waals surface area contributed by atoms with Gasteiger partial charge in [-0.05, 0) is 25.7 Å². The molecule has 0 aliphatic carbocycles. The second-order valence-corrected chi connectivity index (χ2v) is 6.66. The van der Waals surface area contributed by atoms with Crippen molar-refractivity contribution in [1.29, 1.82) is 0 Å². The highest BCUT2D eigenvalue weighted by Crippen LogP contribution is 2.10. The summed E-state index contributed by atoms with van der Waals surface area (Å²) >= 11 is 0. The van der Waals surface area contributed by atoms with E-state index in [-0.39, 0.29) is 24.9 Å². The molecule has 0 saturated carbocycles. The minimum absolute atomic E-state index is 0.0985. The molecule has 1 saturated heterocycles. The largest absolute Gasteiger partial charge is 0.449 e. The molecule has 0 aromatic rings. The third-order valence-electron chi connectivity index (χ3n) is 2.37. The van der Waals surface area contributed by atoms with Crippen LogP contribution in [0.25, 0.3) is 0 Å². The van der Waals surface area contributed by atoms with Crippen LogP contribution in [0.1, 0.15) is 25.7 Å². The molecule has 1 heterocycles. The van der Waals surface area contributed by atoms with E-state index in [1.807, 2.05) is 0 Å². The highest BCUT2D eigenvalue weighted by atomic mass is 35.7. The van der Waals surface area contributed by atoms with Gasteiger partial charge in [0.05, 0.1) is 12.4 Å². The van der Waals surface area contributed by atoms with Gasteiger partial charge in [0.1, 0.15) is 0 Å². The number of nitrogens with zero attached hydrogens (tertiary/aromatic N) is 1. The lowest BCUT2D eigenvalue weighted by atomic mass is 10.1. The van der Waals surface area contributed by atoms with Crippen LogP contribution in [0.2, 0.25) is 0 Å². The number of hydrogen-bond donors (Lipinski definition) is 0. The van der Waals surface area contributed by atoms with Gasteiger partial charge in [0, 0.05) is 23.8 Å². The predicted molar refractivity (Wildman–Crippen MR) is 61.0 cm³/mol. The van der Waals surface area contributed by atoms with Crippen molar-refractivity contribution in [1.82, 2.24) is 4.90 Å². The molecule has 7 heteroatoms. The van der Waals surface area contributed by atoms with Crippen LogP contribution in [0.4, 0.5) is 4.79 Å². The number of halogens is 1. The third-order valence-corrected chi connectivity index (χ3v) is 3.61. The second-order valence-electron chi connectivity index (χ2n) is 3.76. The fourth-order valence-corrected chi connectivity index (χ4v) is 2.35. The molecule has 1 aliphatic rings. The van der Waals surface area contributed by atoms with E-state index in [2.05, 4.69) is 0 Å². The zero-order valence-corrected chi connectivity index (χ0v) is 10.6. The fourth-order valence-electron chi connectivity index (χ4n) is 1.56. The van der Waals surface area contributed by atoms with Gasteiger partial charge in [-0.25, -0.2) is 13.2 Å². The lowest BCUT2D eigenvalue weighted by Crippen LogP contribution is -2.36. The maximum atomic E-state index is 11.4. The monoisotopic (exact) mass is 269 g/mol. The highest BCUT2D eigenvalue weighted by Gasteiger charge is 2.17. The van der Waals surface area contributed by atoms with Crippen molar-refractivity contribution in [3.05, 3.63) is 0 Å². The first-order valence-corrected chi connectivity index (χ1v) is 7.81. The maximum absolute atomic E-state index is 11.4. The van der Waals surface area contributed by atoms with E-state index >= 15 is 0 Å². The van der Waals surface area contributed by atoms with Crippen LogP contribution in [0.3, 0.4) is 0 Å². The Balaban J connectivity index is 2.14. The molecule has 0 bridgehead atoms. The lowest BCUT2D eigenvalue weighted by Gasteiger charge is -2.25. The van der Waals surface area contributed by atoms with Crippen LogP contribution in [0, 0.1) is 0 Å². The van der Waals surface area contributed by atoms with E-state index in [1.165, 1.54) is 0 Å². The van der Waals surface area contributed by atoms with E-state index in [0.29, 0.717) is 0 Å². The number of piperidine rings is 1. The van der Waals surface area contributed by atoms with Gasteiger partial charge >= 0.3 is 6.09 Å². The van der Waals surface area contributed by atoms with E-state index in [0.717, 1.165) is 32.4 Å². The van der Waals surface area contributed by atoms with Crippen LogP contribution >= 0.6 is 10.7 Å². The van der Waals surface area contributed by atoms with Crippen molar-refractivity contribution in [2.45, 2.75) is 25.7 Å². The Morgan fingerprint density at radius 2 is 1.88 bits per heavy atom. The minimum atomic E-state index is -3.48. The third kappa shape index (κ3) is 5.55. The lowest BCUT2D eigenvalue weighted by molar-refractivity contribution is 0.0954. The van der Waals surface area contributed by atoms with Crippen molar-refractivity contribution in [3.8, 4) is 0 Å². The number of amides is 1. The Kier molecular flexibility index (Phi) is 5.34. The molecule has 0 N–H and O–H groups in total. The summed E-state index contributed by atoms with van der Waals surface area (Å²) in [5.41, 5.74) is 0. The van der Waals surface area contributed by atoms with Crippen molar-refractivity contribution in [3.63, 3.8) is 0 Å². The number of hydrogen-bond acceptors (Lipinski definition) is 4. The summed E-state index contributed by atoms with van der Waals surface area (Å²) in [6.07, 6.45) is 3.04. The number of rotatable bonds is 4. The number of carbonyl (C=O) groups is 1. The molecule has 0 aromatic carbocycles. The van der Waals surface area contributed by atoms with Gasteiger partial charge in [-0.1, -0.05) is 0 Å². The van der Waals surface area contributed by atoms with Crippen molar-refractivity contribution >= 4 is 25.8 Å². The number of likely N-dealkylation sites (tertiary alicyclic amines) is 1. The minimum Gasteiger partial charge on any atom is -0.449 e. The van der Waals surface area contributed by atoms with Crippen LogP contribution in [0.15, 0.2) is 0 Å². The van der Waals surface area contributed by atoms with Crippen LogP contribution < -0.4 is 0 Å². The van der Waals surface area contributed by atoms with Gasteiger partial charge in [0.2, 0.25) is 9.05 Å². The van der Waals surface area contributed by atoms with Gasteiger partial charge in [-0.2, -0.15) is 0 Å². The summed E-state index contributed by atoms with van der Waals surface area (Å²) in [5, 5.41) is 0. The zero-order valence-electron chi connectivity index (χ0n) is 9.02. The van der Waals surface area contributed by atoms with Crippen molar-refractivity contribution in [2.24, 2.45) is 0 Å². The summed E-state index contributed by atoms with van der Waals surface area (Å²) < 4.78 is 26.1. The summed E-state index contributed by atoms with van der Waals surface area (Å²) in [7, 11) is 1.54.